The third kappa shape index (κ3) is 3.63. The molecule has 2 aromatic carbocycles. The lowest BCUT2D eigenvalue weighted by Crippen LogP contribution is -2.41. The van der Waals surface area contributed by atoms with Gasteiger partial charge in [0.15, 0.2) is 0 Å². The van der Waals surface area contributed by atoms with Crippen molar-refractivity contribution in [3.8, 4) is 5.69 Å². The maximum Gasteiger partial charge on any atom is 0.336 e. The van der Waals surface area contributed by atoms with Gasteiger partial charge in [0.2, 0.25) is 0 Å². The van der Waals surface area contributed by atoms with E-state index in [2.05, 4.69) is 10.4 Å². The molecule has 0 unspecified atom stereocenters. The van der Waals surface area contributed by atoms with Crippen molar-refractivity contribution in [2.45, 2.75) is 25.8 Å². The van der Waals surface area contributed by atoms with Crippen LogP contribution in [0.2, 0.25) is 0 Å². The molecule has 3 heterocycles. The van der Waals surface area contributed by atoms with Gasteiger partial charge in [-0.25, -0.2) is 9.18 Å². The van der Waals surface area contributed by atoms with Crippen LogP contribution in [0.4, 0.5) is 15.9 Å². The quantitative estimate of drug-likeness (QED) is 0.311. The number of hydrogen-bond acceptors (Lipinski definition) is 5. The minimum atomic E-state index is -0.522. The van der Waals surface area contributed by atoms with Crippen LogP contribution in [0, 0.1) is 16.3 Å². The fourth-order valence-electron chi connectivity index (χ4n) is 4.86. The van der Waals surface area contributed by atoms with E-state index in [4.69, 9.17) is 0 Å². The van der Waals surface area contributed by atoms with Crippen molar-refractivity contribution in [3.63, 3.8) is 0 Å². The normalized spacial score (nSPS) is 13.5. The third-order valence-electron chi connectivity index (χ3n) is 6.93. The molecule has 11 heteroatoms. The summed E-state index contributed by atoms with van der Waals surface area (Å²) in [4.78, 5) is 41.1. The number of rotatable bonds is 4. The highest BCUT2D eigenvalue weighted by atomic mass is 127. The summed E-state index contributed by atoms with van der Waals surface area (Å²) in [5, 5.41) is 8.22. The van der Waals surface area contributed by atoms with E-state index in [0.717, 1.165) is 10.9 Å². The van der Waals surface area contributed by atoms with Crippen LogP contribution in [-0.2, 0) is 14.1 Å². The summed E-state index contributed by atoms with van der Waals surface area (Å²) in [5.74, 6) is -0.396. The van der Waals surface area contributed by atoms with E-state index in [1.54, 1.807) is 36.0 Å². The molecule has 5 aromatic rings. The zero-order valence-electron chi connectivity index (χ0n) is 20.2. The fourth-order valence-corrected chi connectivity index (χ4v) is 5.32. The molecule has 188 valence electrons. The Kier molecular flexibility index (Phi) is 5.37. The summed E-state index contributed by atoms with van der Waals surface area (Å²) >= 11 is 2.01. The topological polar surface area (TPSA) is 95.8 Å². The lowest BCUT2D eigenvalue weighted by atomic mass is 10.1. The molecule has 0 radical (unpaired) electrons. The van der Waals surface area contributed by atoms with Gasteiger partial charge >= 0.3 is 5.69 Å². The molecule has 0 bridgehead atoms. The average Bonchev–Trinajstić information content (AvgIpc) is 3.63. The minimum Gasteiger partial charge on any atom is -0.338 e. The van der Waals surface area contributed by atoms with Crippen LogP contribution in [-0.4, -0.2) is 23.5 Å². The van der Waals surface area contributed by atoms with Gasteiger partial charge in [0.1, 0.15) is 17.0 Å². The SMILES string of the molecule is Cc1c(=O)n(C)c(Nc2ccc(I)cc2F)c2c(=O)n(C3CC3)c(=O)n(-c3ccc4c(cnn4C)c3)c12. The number of pyridine rings is 1. The van der Waals surface area contributed by atoms with Crippen LogP contribution in [0.25, 0.3) is 27.5 Å². The molecule has 0 atom stereocenters. The van der Waals surface area contributed by atoms with Crippen LogP contribution < -0.4 is 22.1 Å². The number of hydrogen-bond donors (Lipinski definition) is 1. The fraction of sp³-hybridized carbons (Fsp3) is 0.231. The summed E-state index contributed by atoms with van der Waals surface area (Å²) in [6.07, 6.45) is 3.12. The summed E-state index contributed by atoms with van der Waals surface area (Å²) in [6.45, 7) is 1.60. The molecule has 0 amide bonds. The van der Waals surface area contributed by atoms with Crippen LogP contribution in [0.1, 0.15) is 24.4 Å². The van der Waals surface area contributed by atoms with Gasteiger partial charge in [0.05, 0.1) is 28.6 Å². The second-order valence-electron chi connectivity index (χ2n) is 9.35. The van der Waals surface area contributed by atoms with Crippen molar-refractivity contribution in [3.05, 3.63) is 88.7 Å². The monoisotopic (exact) mass is 612 g/mol. The van der Waals surface area contributed by atoms with Crippen LogP contribution in [0.3, 0.4) is 0 Å². The zero-order chi connectivity index (χ0) is 26.2. The largest absolute Gasteiger partial charge is 0.338 e. The number of aryl methyl sites for hydroxylation is 2. The number of benzene rings is 2. The van der Waals surface area contributed by atoms with E-state index in [1.807, 2.05) is 41.8 Å². The highest BCUT2D eigenvalue weighted by molar-refractivity contribution is 14.1. The van der Waals surface area contributed by atoms with Gasteiger partial charge in [-0.2, -0.15) is 5.10 Å². The Morgan fingerprint density at radius 3 is 2.51 bits per heavy atom. The van der Waals surface area contributed by atoms with E-state index < -0.39 is 22.6 Å². The molecule has 3 aromatic heterocycles. The Bertz CT molecular complexity index is 1950. The minimum absolute atomic E-state index is 0.118. The van der Waals surface area contributed by atoms with Gasteiger partial charge < -0.3 is 5.32 Å². The maximum absolute atomic E-state index is 14.8. The number of nitrogens with one attached hydrogen (secondary N) is 1. The number of fused-ring (bicyclic) bond motifs is 2. The Balaban J connectivity index is 1.75. The van der Waals surface area contributed by atoms with Gasteiger partial charge in [0.25, 0.3) is 11.1 Å². The van der Waals surface area contributed by atoms with Crippen molar-refractivity contribution in [2.75, 3.05) is 5.32 Å². The molecule has 0 spiro atoms. The molecule has 1 aliphatic rings. The zero-order valence-corrected chi connectivity index (χ0v) is 22.4. The summed E-state index contributed by atoms with van der Waals surface area (Å²) in [7, 11) is 3.35. The van der Waals surface area contributed by atoms with E-state index >= 15 is 0 Å². The van der Waals surface area contributed by atoms with E-state index in [9.17, 15) is 18.8 Å². The molecule has 6 rings (SSSR count). The van der Waals surface area contributed by atoms with Gasteiger partial charge in [0, 0.05) is 34.7 Å². The summed E-state index contributed by atoms with van der Waals surface area (Å²) in [6, 6.07) is 9.85. The Morgan fingerprint density at radius 2 is 1.81 bits per heavy atom. The number of halogens is 2. The van der Waals surface area contributed by atoms with Gasteiger partial charge in [-0.15, -0.1) is 0 Å². The first-order chi connectivity index (χ1) is 17.7. The number of anilines is 2. The molecule has 37 heavy (non-hydrogen) atoms. The first kappa shape index (κ1) is 23.6. The number of aromatic nitrogens is 5. The molecular weight excluding hydrogens is 590 g/mol. The van der Waals surface area contributed by atoms with Gasteiger partial charge in [-0.3, -0.25) is 28.0 Å². The molecule has 1 fully saturated rings. The van der Waals surface area contributed by atoms with Crippen molar-refractivity contribution in [1.29, 1.82) is 0 Å². The molecule has 1 saturated carbocycles. The Hall–Kier alpha value is -3.74. The van der Waals surface area contributed by atoms with Crippen molar-refractivity contribution in [2.24, 2.45) is 14.1 Å². The lowest BCUT2D eigenvalue weighted by molar-refractivity contribution is 0.630. The van der Waals surface area contributed by atoms with E-state index in [-0.39, 0.29) is 34.0 Å². The highest BCUT2D eigenvalue weighted by Gasteiger charge is 2.31. The third-order valence-corrected chi connectivity index (χ3v) is 7.60. The maximum atomic E-state index is 14.8. The smallest absolute Gasteiger partial charge is 0.336 e. The molecule has 1 N–H and O–H groups in total. The predicted molar refractivity (Wildman–Crippen MR) is 149 cm³/mol. The standard InChI is InChI=1S/C26H22FIN6O3/c1-13-22-21(23(31(2)24(13)35)30-19-8-4-15(28)11-18(19)27)25(36)34(16-5-6-16)26(37)33(22)17-7-9-20-14(10-17)12-29-32(20)3/h4,7-12,16,30H,5-6H2,1-3H3. The van der Waals surface area contributed by atoms with E-state index in [0.29, 0.717) is 22.1 Å². The first-order valence-corrected chi connectivity index (χ1v) is 12.8. The number of nitrogens with zero attached hydrogens (tertiary/aromatic N) is 5. The lowest BCUT2D eigenvalue weighted by Gasteiger charge is -2.20. The van der Waals surface area contributed by atoms with E-state index in [1.165, 1.54) is 26.8 Å². The van der Waals surface area contributed by atoms with Gasteiger partial charge in [-0.05, 0) is 78.8 Å². The molecule has 0 saturated heterocycles. The Labute approximate surface area is 222 Å². The molecular formula is C26H22FIN6O3. The molecule has 1 aliphatic carbocycles. The van der Waals surface area contributed by atoms with Crippen LogP contribution >= 0.6 is 22.6 Å². The molecule has 9 nitrogen and oxygen atoms in total. The van der Waals surface area contributed by atoms with Crippen LogP contribution in [0.15, 0.2) is 57.0 Å². The van der Waals surface area contributed by atoms with Gasteiger partial charge in [-0.1, -0.05) is 0 Å². The van der Waals surface area contributed by atoms with Crippen molar-refractivity contribution < 1.29 is 4.39 Å². The van der Waals surface area contributed by atoms with Crippen molar-refractivity contribution >= 4 is 55.9 Å². The second kappa shape index (κ2) is 8.40. The predicted octanol–water partition coefficient (Wildman–Crippen LogP) is 3.87. The highest BCUT2D eigenvalue weighted by Crippen LogP contribution is 2.34. The average molecular weight is 612 g/mol. The second-order valence-corrected chi connectivity index (χ2v) is 10.6. The summed E-state index contributed by atoms with van der Waals surface area (Å²) < 4.78 is 21.2. The van der Waals surface area contributed by atoms with Crippen molar-refractivity contribution in [1.82, 2.24) is 23.5 Å². The summed E-state index contributed by atoms with van der Waals surface area (Å²) in [5.41, 5.74) is 0.529. The molecule has 0 aliphatic heterocycles. The Morgan fingerprint density at radius 1 is 1.05 bits per heavy atom. The van der Waals surface area contributed by atoms with Crippen LogP contribution in [0.5, 0.6) is 0 Å². The first-order valence-electron chi connectivity index (χ1n) is 11.7.